The normalized spacial score (nSPS) is 14.6. The Kier molecular flexibility index (Phi) is 8.20. The number of benzene rings is 1. The molecule has 0 bridgehead atoms. The number of aryl methyl sites for hydroxylation is 1. The van der Waals surface area contributed by atoms with Crippen molar-refractivity contribution in [1.29, 1.82) is 0 Å². The molecule has 168 valence electrons. The Hall–Kier alpha value is -2.71. The lowest BCUT2D eigenvalue weighted by molar-refractivity contribution is -0.122. The van der Waals surface area contributed by atoms with E-state index in [0.717, 1.165) is 24.2 Å². The molecule has 31 heavy (non-hydrogen) atoms. The number of aromatic nitrogens is 2. The number of nitrogens with zero attached hydrogens (tertiary/aromatic N) is 4. The number of hydrogen-bond donors (Lipinski definition) is 1. The van der Waals surface area contributed by atoms with Crippen molar-refractivity contribution in [2.45, 2.75) is 26.7 Å². The van der Waals surface area contributed by atoms with Crippen molar-refractivity contribution in [1.82, 2.24) is 24.9 Å². The van der Waals surface area contributed by atoms with Crippen LogP contribution in [0.1, 0.15) is 35.0 Å². The van der Waals surface area contributed by atoms with E-state index in [1.807, 2.05) is 47.7 Å². The summed E-state index contributed by atoms with van der Waals surface area (Å²) in [4.78, 5) is 29.2. The van der Waals surface area contributed by atoms with Gasteiger partial charge in [-0.2, -0.15) is 5.10 Å². The van der Waals surface area contributed by atoms with Gasteiger partial charge in [0.25, 0.3) is 5.91 Å². The van der Waals surface area contributed by atoms with Gasteiger partial charge in [0.1, 0.15) is 0 Å². The van der Waals surface area contributed by atoms with Gasteiger partial charge < -0.3 is 15.0 Å². The number of rotatable bonds is 9. The molecule has 0 aliphatic carbocycles. The van der Waals surface area contributed by atoms with E-state index in [-0.39, 0.29) is 11.8 Å². The predicted molar refractivity (Wildman–Crippen MR) is 120 cm³/mol. The summed E-state index contributed by atoms with van der Waals surface area (Å²) in [5.41, 5.74) is 3.73. The van der Waals surface area contributed by atoms with E-state index in [2.05, 4.69) is 15.3 Å². The molecule has 2 amide bonds. The van der Waals surface area contributed by atoms with Gasteiger partial charge in [-0.25, -0.2) is 4.68 Å². The Bertz CT molecular complexity index is 870. The summed E-state index contributed by atoms with van der Waals surface area (Å²) >= 11 is 0. The molecule has 2 heterocycles. The third-order valence-corrected chi connectivity index (χ3v) is 5.59. The van der Waals surface area contributed by atoms with Gasteiger partial charge in [0, 0.05) is 46.4 Å². The molecule has 1 fully saturated rings. The first-order valence-electron chi connectivity index (χ1n) is 10.9. The number of ether oxygens (including phenoxy) is 1. The van der Waals surface area contributed by atoms with Gasteiger partial charge >= 0.3 is 0 Å². The topological polar surface area (TPSA) is 79.7 Å². The summed E-state index contributed by atoms with van der Waals surface area (Å²) in [7, 11) is 1.65. The second-order valence-electron chi connectivity index (χ2n) is 7.87. The molecule has 3 rings (SSSR count). The van der Waals surface area contributed by atoms with Crippen molar-refractivity contribution >= 4 is 11.8 Å². The molecule has 1 aliphatic heterocycles. The van der Waals surface area contributed by atoms with E-state index in [1.165, 1.54) is 5.56 Å². The minimum atomic E-state index is 0.0129. The lowest BCUT2D eigenvalue weighted by atomic mass is 10.1. The number of carbonyl (C=O) groups excluding carboxylic acids is 2. The molecule has 0 saturated carbocycles. The van der Waals surface area contributed by atoms with E-state index < -0.39 is 0 Å². The quantitative estimate of drug-likeness (QED) is 0.616. The highest BCUT2D eigenvalue weighted by molar-refractivity contribution is 5.95. The fourth-order valence-corrected chi connectivity index (χ4v) is 3.78. The Morgan fingerprint density at radius 2 is 1.84 bits per heavy atom. The summed E-state index contributed by atoms with van der Waals surface area (Å²) in [6, 6.07) is 8.14. The largest absolute Gasteiger partial charge is 0.385 e. The maximum Gasteiger partial charge on any atom is 0.257 e. The second-order valence-corrected chi connectivity index (χ2v) is 7.87. The van der Waals surface area contributed by atoms with Crippen LogP contribution in [-0.4, -0.2) is 84.4 Å². The zero-order valence-electron chi connectivity index (χ0n) is 18.8. The minimum absolute atomic E-state index is 0.0129. The minimum Gasteiger partial charge on any atom is -0.385 e. The highest BCUT2D eigenvalue weighted by Gasteiger charge is 2.26. The lowest BCUT2D eigenvalue weighted by Crippen LogP contribution is -2.51. The van der Waals surface area contributed by atoms with Gasteiger partial charge in [-0.3, -0.25) is 14.5 Å². The van der Waals surface area contributed by atoms with Gasteiger partial charge in [0.15, 0.2) is 0 Å². The average Bonchev–Trinajstić information content (AvgIpc) is 3.21. The van der Waals surface area contributed by atoms with Gasteiger partial charge in [-0.05, 0) is 31.9 Å². The molecule has 1 aromatic carbocycles. The van der Waals surface area contributed by atoms with Crippen LogP contribution in [0.15, 0.2) is 30.5 Å². The molecule has 8 nitrogen and oxygen atoms in total. The highest BCUT2D eigenvalue weighted by atomic mass is 16.5. The van der Waals surface area contributed by atoms with E-state index >= 15 is 0 Å². The van der Waals surface area contributed by atoms with E-state index in [0.29, 0.717) is 51.4 Å². The average molecular weight is 428 g/mol. The first kappa shape index (κ1) is 23.0. The molecular formula is C23H33N5O3. The molecular weight excluding hydrogens is 394 g/mol. The van der Waals surface area contributed by atoms with Crippen molar-refractivity contribution in [2.24, 2.45) is 0 Å². The molecule has 1 aromatic heterocycles. The Balaban J connectivity index is 1.56. The van der Waals surface area contributed by atoms with Crippen LogP contribution in [0.5, 0.6) is 0 Å². The predicted octanol–water partition coefficient (Wildman–Crippen LogP) is 1.65. The summed E-state index contributed by atoms with van der Waals surface area (Å²) in [6.45, 7) is 8.30. The summed E-state index contributed by atoms with van der Waals surface area (Å²) in [5, 5.41) is 7.40. The Labute approximate surface area is 184 Å². The molecule has 0 atom stereocenters. The van der Waals surface area contributed by atoms with Crippen molar-refractivity contribution in [3.63, 3.8) is 0 Å². The van der Waals surface area contributed by atoms with Gasteiger partial charge in [0.2, 0.25) is 5.91 Å². The first-order valence-corrected chi connectivity index (χ1v) is 10.9. The number of methoxy groups -OCH3 is 1. The van der Waals surface area contributed by atoms with Crippen molar-refractivity contribution < 1.29 is 14.3 Å². The molecule has 0 unspecified atom stereocenters. The van der Waals surface area contributed by atoms with Crippen LogP contribution in [0.4, 0.5) is 0 Å². The maximum absolute atomic E-state index is 13.2. The van der Waals surface area contributed by atoms with Crippen LogP contribution in [0, 0.1) is 6.92 Å². The number of carbonyl (C=O) groups is 2. The molecule has 8 heteroatoms. The Morgan fingerprint density at radius 3 is 2.48 bits per heavy atom. The molecule has 1 N–H and O–H groups in total. The SMILES string of the molecule is CCc1c(C(=O)N2CCN(CC(=O)NCCCOC)CC2)cnn1-c1ccc(C)cc1. The molecule has 2 aromatic rings. The van der Waals surface area contributed by atoms with Crippen LogP contribution < -0.4 is 5.32 Å². The number of piperazine rings is 1. The zero-order chi connectivity index (χ0) is 22.2. The van der Waals surface area contributed by atoms with E-state index in [4.69, 9.17) is 4.74 Å². The van der Waals surface area contributed by atoms with Crippen LogP contribution in [0.25, 0.3) is 5.69 Å². The molecule has 0 radical (unpaired) electrons. The summed E-state index contributed by atoms with van der Waals surface area (Å²) < 4.78 is 6.84. The van der Waals surface area contributed by atoms with Crippen LogP contribution >= 0.6 is 0 Å². The number of nitrogens with one attached hydrogen (secondary N) is 1. The molecule has 1 aliphatic rings. The standard InChI is InChI=1S/C23H33N5O3/c1-4-21-20(16-25-28(21)19-8-6-18(2)7-9-19)23(30)27-13-11-26(12-14-27)17-22(29)24-10-5-15-31-3/h6-9,16H,4-5,10-15,17H2,1-3H3,(H,24,29). The van der Waals surface area contributed by atoms with Crippen LogP contribution in [0.2, 0.25) is 0 Å². The highest BCUT2D eigenvalue weighted by Crippen LogP contribution is 2.19. The second kappa shape index (κ2) is 11.1. The van der Waals surface area contributed by atoms with Crippen LogP contribution in [0.3, 0.4) is 0 Å². The van der Waals surface area contributed by atoms with Gasteiger partial charge in [0.05, 0.1) is 29.7 Å². The maximum atomic E-state index is 13.2. The van der Waals surface area contributed by atoms with Crippen molar-refractivity contribution in [3.8, 4) is 5.69 Å². The van der Waals surface area contributed by atoms with Gasteiger partial charge in [-0.15, -0.1) is 0 Å². The van der Waals surface area contributed by atoms with Crippen molar-refractivity contribution in [2.75, 3.05) is 53.0 Å². The third-order valence-electron chi connectivity index (χ3n) is 5.59. The Morgan fingerprint density at radius 1 is 1.13 bits per heavy atom. The first-order chi connectivity index (χ1) is 15.0. The van der Waals surface area contributed by atoms with Crippen LogP contribution in [-0.2, 0) is 16.0 Å². The smallest absolute Gasteiger partial charge is 0.257 e. The fraction of sp³-hybridized carbons (Fsp3) is 0.522. The summed E-state index contributed by atoms with van der Waals surface area (Å²) in [6.07, 6.45) is 3.21. The molecule has 0 spiro atoms. The monoisotopic (exact) mass is 427 g/mol. The third kappa shape index (κ3) is 5.92. The van der Waals surface area contributed by atoms with Crippen molar-refractivity contribution in [3.05, 3.63) is 47.3 Å². The van der Waals surface area contributed by atoms with E-state index in [1.54, 1.807) is 13.3 Å². The molecule has 1 saturated heterocycles. The number of hydrogen-bond acceptors (Lipinski definition) is 5. The van der Waals surface area contributed by atoms with E-state index in [9.17, 15) is 9.59 Å². The zero-order valence-corrected chi connectivity index (χ0v) is 18.8. The summed E-state index contributed by atoms with van der Waals surface area (Å²) in [5.74, 6) is 0.0300. The van der Waals surface area contributed by atoms with Gasteiger partial charge in [-0.1, -0.05) is 24.6 Å². The number of amides is 2. The fourth-order valence-electron chi connectivity index (χ4n) is 3.78. The lowest BCUT2D eigenvalue weighted by Gasteiger charge is -2.34.